The fourth-order valence-electron chi connectivity index (χ4n) is 9.25. The van der Waals surface area contributed by atoms with Crippen LogP contribution in [0.25, 0.3) is 0 Å². The molecule has 0 spiro atoms. The molecule has 0 unspecified atom stereocenters. The molecule has 0 N–H and O–H groups in total. The summed E-state index contributed by atoms with van der Waals surface area (Å²) in [6, 6.07) is 0. The Morgan fingerprint density at radius 3 is 2.16 bits per heavy atom. The normalized spacial score (nSPS) is 46.4. The van der Waals surface area contributed by atoms with Gasteiger partial charge in [-0.3, -0.25) is 0 Å². The summed E-state index contributed by atoms with van der Waals surface area (Å²) in [5, 5.41) is 34.9. The Hall–Kier alpha value is -1.59. The van der Waals surface area contributed by atoms with E-state index in [-0.39, 0.29) is 40.9 Å². The van der Waals surface area contributed by atoms with Gasteiger partial charge in [-0.1, -0.05) is 20.8 Å². The number of rotatable bonds is 6. The average Bonchev–Trinajstić information content (AvgIpc) is 3.07. The van der Waals surface area contributed by atoms with Crippen LogP contribution in [0.4, 0.5) is 0 Å². The van der Waals surface area contributed by atoms with E-state index in [4.69, 9.17) is 0 Å². The first-order valence-electron chi connectivity index (χ1n) is 12.6. The fraction of sp³-hybridized carbons (Fsp3) is 0.885. The van der Waals surface area contributed by atoms with Gasteiger partial charge in [0.1, 0.15) is 0 Å². The maximum atomic E-state index is 12.4. The number of carbonyl (C=O) groups excluding carboxylic acids is 3. The SMILES string of the molecule is C[C@@H](CCC(=O)[O-])[C@H]1CC[C@H]2[C@@H]3[C@@H](CC[C@]12C)[C@@]1(C)CC[C@@H](C(=O)[O-])C[C@H]1C[C@H]3C(=O)[O-]. The molecular weight excluding hydrogens is 408 g/mol. The lowest BCUT2D eigenvalue weighted by atomic mass is 9.41. The zero-order valence-corrected chi connectivity index (χ0v) is 19.6. The highest BCUT2D eigenvalue weighted by atomic mass is 16.4. The molecule has 0 amide bonds. The van der Waals surface area contributed by atoms with Crippen molar-refractivity contribution in [2.75, 3.05) is 0 Å². The van der Waals surface area contributed by atoms with Gasteiger partial charge in [-0.25, -0.2) is 0 Å². The van der Waals surface area contributed by atoms with Gasteiger partial charge in [-0.2, -0.15) is 0 Å². The van der Waals surface area contributed by atoms with Gasteiger partial charge in [-0.05, 0) is 116 Å². The summed E-state index contributed by atoms with van der Waals surface area (Å²) >= 11 is 0. The topological polar surface area (TPSA) is 120 Å². The first-order valence-corrected chi connectivity index (χ1v) is 12.6. The number of carboxylic acids is 3. The van der Waals surface area contributed by atoms with Crippen LogP contribution < -0.4 is 15.3 Å². The zero-order valence-electron chi connectivity index (χ0n) is 19.6. The van der Waals surface area contributed by atoms with Crippen LogP contribution in [0, 0.1) is 58.2 Å². The van der Waals surface area contributed by atoms with Crippen LogP contribution in [0.2, 0.25) is 0 Å². The average molecular weight is 446 g/mol. The van der Waals surface area contributed by atoms with Crippen molar-refractivity contribution in [1.82, 2.24) is 0 Å². The second-order valence-corrected chi connectivity index (χ2v) is 12.1. The second kappa shape index (κ2) is 8.32. The van der Waals surface area contributed by atoms with Crippen LogP contribution in [-0.2, 0) is 14.4 Å². The molecule has 0 aliphatic heterocycles. The number of carboxylic acid groups (broad SMARTS) is 3. The van der Waals surface area contributed by atoms with Crippen molar-refractivity contribution in [2.45, 2.75) is 85.0 Å². The van der Waals surface area contributed by atoms with Crippen molar-refractivity contribution < 1.29 is 29.7 Å². The molecule has 32 heavy (non-hydrogen) atoms. The van der Waals surface area contributed by atoms with Gasteiger partial charge < -0.3 is 29.7 Å². The molecule has 0 aromatic rings. The van der Waals surface area contributed by atoms with Gasteiger partial charge >= 0.3 is 0 Å². The minimum absolute atomic E-state index is 0.0194. The Labute approximate surface area is 191 Å². The summed E-state index contributed by atoms with van der Waals surface area (Å²) in [6.07, 6.45) is 7.18. The third kappa shape index (κ3) is 3.66. The molecular formula is C26H37O6-3. The van der Waals surface area contributed by atoms with E-state index in [0.717, 1.165) is 32.1 Å². The smallest absolute Gasteiger partial charge is 0.0448 e. The van der Waals surface area contributed by atoms with E-state index in [0.29, 0.717) is 37.5 Å². The monoisotopic (exact) mass is 445 g/mol. The van der Waals surface area contributed by atoms with Crippen molar-refractivity contribution in [1.29, 1.82) is 0 Å². The van der Waals surface area contributed by atoms with Crippen LogP contribution in [-0.4, -0.2) is 17.9 Å². The molecule has 0 aromatic carbocycles. The molecule has 6 nitrogen and oxygen atoms in total. The quantitative estimate of drug-likeness (QED) is 0.605. The Balaban J connectivity index is 1.61. The third-order valence-electron chi connectivity index (χ3n) is 10.9. The van der Waals surface area contributed by atoms with Gasteiger partial charge in [0.25, 0.3) is 0 Å². The van der Waals surface area contributed by atoms with Crippen LogP contribution in [0.15, 0.2) is 0 Å². The van der Waals surface area contributed by atoms with Gasteiger partial charge in [0.15, 0.2) is 0 Å². The maximum absolute atomic E-state index is 12.4. The third-order valence-corrected chi connectivity index (χ3v) is 10.9. The van der Waals surface area contributed by atoms with E-state index in [1.54, 1.807) is 0 Å². The molecule has 0 saturated heterocycles. The van der Waals surface area contributed by atoms with E-state index in [9.17, 15) is 29.7 Å². The molecule has 4 rings (SSSR count). The highest BCUT2D eigenvalue weighted by Gasteiger charge is 2.63. The summed E-state index contributed by atoms with van der Waals surface area (Å²) in [6.45, 7) is 6.74. The predicted molar refractivity (Wildman–Crippen MR) is 111 cm³/mol. The first kappa shape index (κ1) is 23.6. The van der Waals surface area contributed by atoms with Crippen LogP contribution >= 0.6 is 0 Å². The molecule has 0 heterocycles. The molecule has 180 valence electrons. The minimum Gasteiger partial charge on any atom is -0.550 e. The van der Waals surface area contributed by atoms with Gasteiger partial charge in [0.05, 0.1) is 0 Å². The van der Waals surface area contributed by atoms with Crippen molar-refractivity contribution >= 4 is 17.9 Å². The Kier molecular flexibility index (Phi) is 6.13. The molecule has 6 heteroatoms. The number of fused-ring (bicyclic) bond motifs is 5. The Morgan fingerprint density at radius 1 is 0.875 bits per heavy atom. The summed E-state index contributed by atoms with van der Waals surface area (Å²) in [7, 11) is 0. The Bertz CT molecular complexity index is 778. The standard InChI is InChI=1S/C26H40O6/c1-14(4-7-21(27)28)18-5-6-19-22-17(24(31)32)13-16-12-15(23(29)30)8-10-25(16,2)20(22)9-11-26(18,19)3/h14-20,22H,4-13H2,1-3H3,(H,27,28)(H,29,30)(H,31,32)/p-3/t14-,15+,16-,17+,18+,19-,20+,22+,25-,26+/m0/s1. The molecule has 4 fully saturated rings. The highest BCUT2D eigenvalue weighted by Crippen LogP contribution is 2.69. The molecule has 4 aliphatic carbocycles. The number of hydrogen-bond acceptors (Lipinski definition) is 6. The van der Waals surface area contributed by atoms with E-state index in [2.05, 4.69) is 20.8 Å². The lowest BCUT2D eigenvalue weighted by Gasteiger charge is -2.64. The predicted octanol–water partition coefficient (Wildman–Crippen LogP) is 1.15. The van der Waals surface area contributed by atoms with E-state index in [1.807, 2.05) is 0 Å². The lowest BCUT2D eigenvalue weighted by molar-refractivity contribution is -0.321. The van der Waals surface area contributed by atoms with E-state index < -0.39 is 29.7 Å². The number of carbonyl (C=O) groups is 3. The van der Waals surface area contributed by atoms with Crippen molar-refractivity contribution in [3.63, 3.8) is 0 Å². The fourth-order valence-corrected chi connectivity index (χ4v) is 9.25. The first-order chi connectivity index (χ1) is 15.0. The molecule has 0 bridgehead atoms. The molecule has 4 saturated carbocycles. The number of aliphatic carboxylic acids is 3. The second-order valence-electron chi connectivity index (χ2n) is 12.1. The zero-order chi connectivity index (χ0) is 23.4. The van der Waals surface area contributed by atoms with E-state index in [1.165, 1.54) is 0 Å². The molecule has 0 aromatic heterocycles. The lowest BCUT2D eigenvalue weighted by Crippen LogP contribution is -2.60. The van der Waals surface area contributed by atoms with Gasteiger partial charge in [0.2, 0.25) is 0 Å². The summed E-state index contributed by atoms with van der Waals surface area (Å²) in [5.41, 5.74) is -0.00578. The molecule has 4 aliphatic rings. The van der Waals surface area contributed by atoms with Gasteiger partial charge in [0, 0.05) is 23.8 Å². The van der Waals surface area contributed by atoms with Crippen molar-refractivity contribution in [3.8, 4) is 0 Å². The van der Waals surface area contributed by atoms with Crippen molar-refractivity contribution in [3.05, 3.63) is 0 Å². The maximum Gasteiger partial charge on any atom is 0.0448 e. The van der Waals surface area contributed by atoms with Crippen LogP contribution in [0.5, 0.6) is 0 Å². The summed E-state index contributed by atoms with van der Waals surface area (Å²) < 4.78 is 0. The largest absolute Gasteiger partial charge is 0.550 e. The molecule has 0 radical (unpaired) electrons. The Morgan fingerprint density at radius 2 is 1.53 bits per heavy atom. The van der Waals surface area contributed by atoms with Crippen LogP contribution in [0.3, 0.4) is 0 Å². The van der Waals surface area contributed by atoms with Gasteiger partial charge in [-0.15, -0.1) is 0 Å². The highest BCUT2D eigenvalue weighted by molar-refractivity contribution is 5.69. The van der Waals surface area contributed by atoms with Crippen molar-refractivity contribution in [2.24, 2.45) is 58.2 Å². The summed E-state index contributed by atoms with van der Waals surface area (Å²) in [5.74, 6) is -2.57. The van der Waals surface area contributed by atoms with Crippen LogP contribution in [0.1, 0.15) is 85.0 Å². The minimum atomic E-state index is -1.00. The van der Waals surface area contributed by atoms with E-state index >= 15 is 0 Å². The molecule has 10 atom stereocenters. The summed E-state index contributed by atoms with van der Waals surface area (Å²) in [4.78, 5) is 34.9. The number of hydrogen-bond donors (Lipinski definition) is 0.